The molecule has 0 radical (unpaired) electrons. The van der Waals surface area contributed by atoms with Gasteiger partial charge in [0.2, 0.25) is 0 Å². The lowest BCUT2D eigenvalue weighted by atomic mass is 10.1. The average Bonchev–Trinajstić information content (AvgIpc) is 2.98. The quantitative estimate of drug-likeness (QED) is 0.622. The number of fused-ring (bicyclic) bond motifs is 2. The Morgan fingerprint density at radius 1 is 1.22 bits per heavy atom. The van der Waals surface area contributed by atoms with E-state index >= 15 is 0 Å². The highest BCUT2D eigenvalue weighted by Crippen LogP contribution is 2.35. The third-order valence-electron chi connectivity index (χ3n) is 4.15. The average molecular weight is 401 g/mol. The maximum atomic E-state index is 12.5. The normalized spacial score (nSPS) is 13.7. The second kappa shape index (κ2) is 7.58. The molecule has 3 aromatic rings. The van der Waals surface area contributed by atoms with Crippen molar-refractivity contribution in [2.75, 3.05) is 13.2 Å². The summed E-state index contributed by atoms with van der Waals surface area (Å²) in [5, 5.41) is 0.643. The minimum Gasteiger partial charge on any atom is -0.486 e. The number of aromatic nitrogens is 1. The molecular formula is C20H17ClN2O3S. The van der Waals surface area contributed by atoms with E-state index in [0.717, 1.165) is 21.5 Å². The number of benzene rings is 2. The van der Waals surface area contributed by atoms with Gasteiger partial charge in [0.15, 0.2) is 16.3 Å². The number of thiazole rings is 1. The second-order valence-electron chi connectivity index (χ2n) is 6.06. The number of nitrogens with zero attached hydrogens (tertiary/aromatic N) is 2. The molecule has 1 aromatic heterocycles. The Morgan fingerprint density at radius 3 is 2.63 bits per heavy atom. The third-order valence-corrected chi connectivity index (χ3v) is 5.44. The summed E-state index contributed by atoms with van der Waals surface area (Å²) in [4.78, 5) is 17.4. The molecule has 0 bridgehead atoms. The Kier molecular flexibility index (Phi) is 5.01. The van der Waals surface area contributed by atoms with Gasteiger partial charge in [-0.25, -0.2) is 0 Å². The maximum Gasteiger partial charge on any atom is 0.252 e. The minimum absolute atomic E-state index is 0.209. The van der Waals surface area contributed by atoms with E-state index in [2.05, 4.69) is 11.6 Å². The topological polar surface area (TPSA) is 52.8 Å². The van der Waals surface area contributed by atoms with Crippen molar-refractivity contribution in [2.45, 2.75) is 13.0 Å². The first-order valence-electron chi connectivity index (χ1n) is 8.50. The van der Waals surface area contributed by atoms with Crippen molar-refractivity contribution < 1.29 is 14.3 Å². The summed E-state index contributed by atoms with van der Waals surface area (Å²) in [5.41, 5.74) is 1.82. The number of rotatable bonds is 4. The molecule has 0 saturated heterocycles. The zero-order valence-electron chi connectivity index (χ0n) is 14.5. The van der Waals surface area contributed by atoms with Crippen LogP contribution in [0.25, 0.3) is 10.2 Å². The summed E-state index contributed by atoms with van der Waals surface area (Å²) in [6.45, 7) is 5.43. The van der Waals surface area contributed by atoms with Gasteiger partial charge >= 0.3 is 0 Å². The Balaban J connectivity index is 1.73. The van der Waals surface area contributed by atoms with Crippen molar-refractivity contribution in [3.63, 3.8) is 0 Å². The van der Waals surface area contributed by atoms with Crippen molar-refractivity contribution in [1.82, 2.24) is 4.57 Å². The fourth-order valence-corrected chi connectivity index (χ4v) is 4.11. The maximum absolute atomic E-state index is 12.5. The van der Waals surface area contributed by atoms with Gasteiger partial charge in [0, 0.05) is 23.7 Å². The molecule has 0 unspecified atom stereocenters. The van der Waals surface area contributed by atoms with Crippen LogP contribution in [0.1, 0.15) is 5.56 Å². The highest BCUT2D eigenvalue weighted by molar-refractivity contribution is 7.16. The van der Waals surface area contributed by atoms with Crippen molar-refractivity contribution in [3.8, 4) is 11.5 Å². The lowest BCUT2D eigenvalue weighted by Crippen LogP contribution is -2.17. The first kappa shape index (κ1) is 17.8. The lowest BCUT2D eigenvalue weighted by molar-refractivity contribution is -0.117. The van der Waals surface area contributed by atoms with Gasteiger partial charge in [-0.2, -0.15) is 4.99 Å². The third kappa shape index (κ3) is 3.77. The molecule has 1 aliphatic rings. The molecule has 1 aliphatic heterocycles. The van der Waals surface area contributed by atoms with Gasteiger partial charge in [0.1, 0.15) is 13.2 Å². The summed E-state index contributed by atoms with van der Waals surface area (Å²) in [6.07, 6.45) is 2.01. The number of ether oxygens (including phenoxy) is 2. The monoisotopic (exact) mass is 400 g/mol. The molecule has 2 aromatic carbocycles. The van der Waals surface area contributed by atoms with Crippen molar-refractivity contribution in [2.24, 2.45) is 4.99 Å². The number of halogens is 1. The van der Waals surface area contributed by atoms with Crippen LogP contribution in [0.5, 0.6) is 11.5 Å². The highest BCUT2D eigenvalue weighted by Gasteiger charge is 2.16. The smallest absolute Gasteiger partial charge is 0.252 e. The van der Waals surface area contributed by atoms with E-state index in [1.807, 2.05) is 28.8 Å². The molecule has 5 nitrogen and oxygen atoms in total. The van der Waals surface area contributed by atoms with Crippen LogP contribution in [-0.4, -0.2) is 23.7 Å². The summed E-state index contributed by atoms with van der Waals surface area (Å²) in [5.74, 6) is 1.22. The van der Waals surface area contributed by atoms with E-state index in [-0.39, 0.29) is 12.3 Å². The minimum atomic E-state index is -0.209. The number of amides is 1. The molecule has 0 aliphatic carbocycles. The van der Waals surface area contributed by atoms with Crippen LogP contribution in [0, 0.1) is 0 Å². The van der Waals surface area contributed by atoms with Crippen molar-refractivity contribution >= 4 is 39.1 Å². The van der Waals surface area contributed by atoms with Crippen LogP contribution in [-0.2, 0) is 17.8 Å². The van der Waals surface area contributed by atoms with Gasteiger partial charge in [0.05, 0.1) is 16.6 Å². The number of allylic oxidation sites excluding steroid dienone is 1. The van der Waals surface area contributed by atoms with E-state index in [1.165, 1.54) is 11.3 Å². The zero-order valence-corrected chi connectivity index (χ0v) is 16.1. The molecule has 1 amide bonds. The van der Waals surface area contributed by atoms with Gasteiger partial charge < -0.3 is 14.0 Å². The summed E-state index contributed by atoms with van der Waals surface area (Å²) >= 11 is 7.34. The molecule has 138 valence electrons. The van der Waals surface area contributed by atoms with E-state index in [4.69, 9.17) is 21.1 Å². The van der Waals surface area contributed by atoms with Crippen molar-refractivity contribution in [1.29, 1.82) is 0 Å². The first-order chi connectivity index (χ1) is 13.1. The molecule has 0 spiro atoms. The van der Waals surface area contributed by atoms with Crippen LogP contribution in [0.2, 0.25) is 5.02 Å². The zero-order chi connectivity index (χ0) is 18.8. The van der Waals surface area contributed by atoms with Gasteiger partial charge in [-0.1, -0.05) is 41.1 Å². The largest absolute Gasteiger partial charge is 0.486 e. The molecule has 0 saturated carbocycles. The molecule has 7 heteroatoms. The van der Waals surface area contributed by atoms with E-state index in [1.54, 1.807) is 18.2 Å². The van der Waals surface area contributed by atoms with Gasteiger partial charge in [-0.3, -0.25) is 4.79 Å². The Hall–Kier alpha value is -2.57. The molecule has 0 atom stereocenters. The van der Waals surface area contributed by atoms with Gasteiger partial charge in [0.25, 0.3) is 5.91 Å². The molecule has 0 fully saturated rings. The molecular weight excluding hydrogens is 384 g/mol. The fraction of sp³-hybridized carbons (Fsp3) is 0.200. The number of hydrogen-bond acceptors (Lipinski definition) is 4. The summed E-state index contributed by atoms with van der Waals surface area (Å²) in [6, 6.07) is 11.1. The van der Waals surface area contributed by atoms with Gasteiger partial charge in [-0.05, 0) is 17.7 Å². The first-order valence-corrected chi connectivity index (χ1v) is 9.69. The van der Waals surface area contributed by atoms with E-state index in [9.17, 15) is 4.79 Å². The fourth-order valence-electron chi connectivity index (χ4n) is 2.92. The van der Waals surface area contributed by atoms with Crippen LogP contribution in [0.4, 0.5) is 0 Å². The Bertz CT molecular complexity index is 1080. The standard InChI is InChI=1S/C20H17ClN2O3S/c1-2-7-23-15-11-16-17(26-9-8-25-16)12-18(15)27-20(23)22-19(24)10-13-3-5-14(21)6-4-13/h2-6,11-12H,1,7-10H2. The molecule has 2 heterocycles. The van der Waals surface area contributed by atoms with E-state index in [0.29, 0.717) is 35.3 Å². The predicted octanol–water partition coefficient (Wildman–Crippen LogP) is 3.98. The lowest BCUT2D eigenvalue weighted by Gasteiger charge is -2.18. The number of hydrogen-bond donors (Lipinski definition) is 0. The van der Waals surface area contributed by atoms with Crippen LogP contribution in [0.15, 0.2) is 54.0 Å². The SMILES string of the molecule is C=CCn1c(=NC(=O)Cc2ccc(Cl)cc2)sc2cc3c(cc21)OCCO3. The van der Waals surface area contributed by atoms with Crippen LogP contribution in [0.3, 0.4) is 0 Å². The molecule has 4 rings (SSSR count). The number of carbonyl (C=O) groups is 1. The highest BCUT2D eigenvalue weighted by atomic mass is 35.5. The summed E-state index contributed by atoms with van der Waals surface area (Å²) < 4.78 is 14.3. The van der Waals surface area contributed by atoms with E-state index < -0.39 is 0 Å². The van der Waals surface area contributed by atoms with Crippen LogP contribution < -0.4 is 14.3 Å². The summed E-state index contributed by atoms with van der Waals surface area (Å²) in [7, 11) is 0. The van der Waals surface area contributed by atoms with Crippen LogP contribution >= 0.6 is 22.9 Å². The number of carbonyl (C=O) groups excluding carboxylic acids is 1. The van der Waals surface area contributed by atoms with Gasteiger partial charge in [-0.15, -0.1) is 6.58 Å². The molecule has 27 heavy (non-hydrogen) atoms. The Morgan fingerprint density at radius 2 is 1.93 bits per heavy atom. The second-order valence-corrected chi connectivity index (χ2v) is 7.50. The Labute approximate surface area is 165 Å². The molecule has 0 N–H and O–H groups in total. The van der Waals surface area contributed by atoms with Crippen molar-refractivity contribution in [3.05, 3.63) is 64.4 Å². The predicted molar refractivity (Wildman–Crippen MR) is 107 cm³/mol.